The van der Waals surface area contributed by atoms with Crippen LogP contribution in [0, 0.1) is 0 Å². The van der Waals surface area contributed by atoms with Gasteiger partial charge in [0.2, 0.25) is 5.91 Å². The lowest BCUT2D eigenvalue weighted by Gasteiger charge is -2.15. The van der Waals surface area contributed by atoms with Crippen LogP contribution in [0.25, 0.3) is 11.0 Å². The minimum absolute atomic E-state index is 0.0470. The van der Waals surface area contributed by atoms with Gasteiger partial charge in [-0.25, -0.2) is 4.98 Å². The highest BCUT2D eigenvalue weighted by atomic mass is 16.1. The largest absolute Gasteiger partial charge is 0.348 e. The fourth-order valence-electron chi connectivity index (χ4n) is 2.90. The Bertz CT molecular complexity index is 808. The van der Waals surface area contributed by atoms with E-state index >= 15 is 0 Å². The zero-order chi connectivity index (χ0) is 16.2. The standard InChI is InChI=1S/C19H21N3O/c1-3-15(14-9-5-4-6-10-14)19(23)20-13-18-21-16-11-7-8-12-17(16)22(18)2/h4-12,15H,3,13H2,1-2H3,(H,20,23)/t15-/m0/s1. The number of carbonyl (C=O) groups excluding carboxylic acids is 1. The van der Waals surface area contributed by atoms with E-state index in [2.05, 4.69) is 10.3 Å². The lowest BCUT2D eigenvalue weighted by Crippen LogP contribution is -2.29. The molecule has 1 aromatic heterocycles. The van der Waals surface area contributed by atoms with Crippen LogP contribution >= 0.6 is 0 Å². The van der Waals surface area contributed by atoms with Gasteiger partial charge >= 0.3 is 0 Å². The number of para-hydroxylation sites is 2. The van der Waals surface area contributed by atoms with Crippen molar-refractivity contribution < 1.29 is 4.79 Å². The number of aromatic nitrogens is 2. The van der Waals surface area contributed by atoms with E-state index in [0.29, 0.717) is 6.54 Å². The zero-order valence-corrected chi connectivity index (χ0v) is 13.5. The van der Waals surface area contributed by atoms with Gasteiger partial charge in [0, 0.05) is 7.05 Å². The Morgan fingerprint density at radius 1 is 1.13 bits per heavy atom. The number of carbonyl (C=O) groups is 1. The third-order valence-electron chi connectivity index (χ3n) is 4.23. The molecule has 0 radical (unpaired) electrons. The predicted molar refractivity (Wildman–Crippen MR) is 92.0 cm³/mol. The fraction of sp³-hybridized carbons (Fsp3) is 0.263. The molecule has 0 saturated heterocycles. The Morgan fingerprint density at radius 2 is 1.83 bits per heavy atom. The Hall–Kier alpha value is -2.62. The molecule has 3 aromatic rings. The Kier molecular flexibility index (Phi) is 4.42. The van der Waals surface area contributed by atoms with Gasteiger partial charge in [0.25, 0.3) is 0 Å². The number of fused-ring (bicyclic) bond motifs is 1. The summed E-state index contributed by atoms with van der Waals surface area (Å²) in [7, 11) is 1.98. The summed E-state index contributed by atoms with van der Waals surface area (Å²) in [5, 5.41) is 3.03. The van der Waals surface area contributed by atoms with Crippen molar-refractivity contribution in [1.82, 2.24) is 14.9 Å². The van der Waals surface area contributed by atoms with Gasteiger partial charge in [0.15, 0.2) is 0 Å². The van der Waals surface area contributed by atoms with Crippen LogP contribution in [0.4, 0.5) is 0 Å². The predicted octanol–water partition coefficient (Wildman–Crippen LogP) is 3.38. The molecule has 4 heteroatoms. The Morgan fingerprint density at radius 3 is 2.52 bits per heavy atom. The van der Waals surface area contributed by atoms with Crippen LogP contribution in [0.1, 0.15) is 30.7 Å². The molecule has 118 valence electrons. The van der Waals surface area contributed by atoms with E-state index in [0.717, 1.165) is 28.8 Å². The summed E-state index contributed by atoms with van der Waals surface area (Å²) in [5.41, 5.74) is 3.08. The van der Waals surface area contributed by atoms with E-state index in [9.17, 15) is 4.79 Å². The number of hydrogen-bond acceptors (Lipinski definition) is 2. The van der Waals surface area contributed by atoms with Crippen LogP contribution in [0.5, 0.6) is 0 Å². The van der Waals surface area contributed by atoms with Gasteiger partial charge in [-0.3, -0.25) is 4.79 Å². The third kappa shape index (κ3) is 3.11. The number of amides is 1. The molecule has 0 aliphatic carbocycles. The number of nitrogens with one attached hydrogen (secondary N) is 1. The van der Waals surface area contributed by atoms with Gasteiger partial charge in [-0.1, -0.05) is 49.4 Å². The average Bonchev–Trinajstić information content (AvgIpc) is 2.91. The molecular formula is C19H21N3O. The molecule has 1 N–H and O–H groups in total. The zero-order valence-electron chi connectivity index (χ0n) is 13.5. The lowest BCUT2D eigenvalue weighted by molar-refractivity contribution is -0.122. The highest BCUT2D eigenvalue weighted by molar-refractivity contribution is 5.83. The molecule has 2 aromatic carbocycles. The molecule has 0 saturated carbocycles. The number of rotatable bonds is 5. The first kappa shape index (κ1) is 15.3. The van der Waals surface area contributed by atoms with Gasteiger partial charge in [0.1, 0.15) is 5.82 Å². The van der Waals surface area contributed by atoms with Crippen LogP contribution < -0.4 is 5.32 Å². The number of hydrogen-bond donors (Lipinski definition) is 1. The van der Waals surface area contributed by atoms with Gasteiger partial charge in [-0.15, -0.1) is 0 Å². The van der Waals surface area contributed by atoms with E-state index in [1.54, 1.807) is 0 Å². The van der Waals surface area contributed by atoms with Crippen molar-refractivity contribution in [3.8, 4) is 0 Å². The minimum Gasteiger partial charge on any atom is -0.348 e. The summed E-state index contributed by atoms with van der Waals surface area (Å²) in [5.74, 6) is 0.791. The molecule has 1 heterocycles. The second-order valence-corrected chi connectivity index (χ2v) is 5.67. The molecule has 0 fully saturated rings. The van der Waals surface area contributed by atoms with E-state index in [1.165, 1.54) is 0 Å². The molecule has 0 aliphatic heterocycles. The number of aryl methyl sites for hydroxylation is 1. The third-order valence-corrected chi connectivity index (χ3v) is 4.23. The van der Waals surface area contributed by atoms with Gasteiger partial charge in [-0.05, 0) is 24.1 Å². The molecule has 3 rings (SSSR count). The van der Waals surface area contributed by atoms with Gasteiger partial charge < -0.3 is 9.88 Å². The molecule has 1 atom stereocenters. The first-order valence-corrected chi connectivity index (χ1v) is 7.93. The van der Waals surface area contributed by atoms with Crippen molar-refractivity contribution in [1.29, 1.82) is 0 Å². The van der Waals surface area contributed by atoms with Crippen molar-refractivity contribution in [2.45, 2.75) is 25.8 Å². The summed E-state index contributed by atoms with van der Waals surface area (Å²) in [6.07, 6.45) is 0.776. The van der Waals surface area contributed by atoms with Crippen molar-refractivity contribution in [3.05, 3.63) is 66.0 Å². The molecule has 23 heavy (non-hydrogen) atoms. The molecule has 1 amide bonds. The van der Waals surface area contributed by atoms with E-state index in [-0.39, 0.29) is 11.8 Å². The van der Waals surface area contributed by atoms with Crippen LogP contribution in [-0.2, 0) is 18.4 Å². The van der Waals surface area contributed by atoms with Gasteiger partial charge in [0.05, 0.1) is 23.5 Å². The fourth-order valence-corrected chi connectivity index (χ4v) is 2.90. The lowest BCUT2D eigenvalue weighted by atomic mass is 9.96. The van der Waals surface area contributed by atoms with Gasteiger partial charge in [-0.2, -0.15) is 0 Å². The molecule has 0 bridgehead atoms. The number of imidazole rings is 1. The highest BCUT2D eigenvalue weighted by Gasteiger charge is 2.18. The quantitative estimate of drug-likeness (QED) is 0.785. The summed E-state index contributed by atoms with van der Waals surface area (Å²) < 4.78 is 2.03. The second-order valence-electron chi connectivity index (χ2n) is 5.67. The molecular weight excluding hydrogens is 286 g/mol. The summed E-state index contributed by atoms with van der Waals surface area (Å²) in [6, 6.07) is 17.9. The van der Waals surface area contributed by atoms with Crippen molar-refractivity contribution in [3.63, 3.8) is 0 Å². The van der Waals surface area contributed by atoms with Crippen LogP contribution in [0.3, 0.4) is 0 Å². The summed E-state index contributed by atoms with van der Waals surface area (Å²) in [4.78, 5) is 17.1. The Balaban J connectivity index is 1.73. The number of benzene rings is 2. The minimum atomic E-state index is -0.120. The van der Waals surface area contributed by atoms with Crippen LogP contribution in [-0.4, -0.2) is 15.5 Å². The van der Waals surface area contributed by atoms with E-state index < -0.39 is 0 Å². The van der Waals surface area contributed by atoms with Crippen molar-refractivity contribution in [2.24, 2.45) is 7.05 Å². The second kappa shape index (κ2) is 6.65. The summed E-state index contributed by atoms with van der Waals surface area (Å²) in [6.45, 7) is 2.47. The normalized spacial score (nSPS) is 12.3. The van der Waals surface area contributed by atoms with Crippen LogP contribution in [0.15, 0.2) is 54.6 Å². The molecule has 4 nitrogen and oxygen atoms in total. The first-order valence-electron chi connectivity index (χ1n) is 7.93. The van der Waals surface area contributed by atoms with E-state index in [1.807, 2.05) is 73.1 Å². The smallest absolute Gasteiger partial charge is 0.227 e. The SMILES string of the molecule is CC[C@H](C(=O)NCc1nc2ccccc2n1C)c1ccccc1. The molecule has 0 aliphatic rings. The topological polar surface area (TPSA) is 46.9 Å². The van der Waals surface area contributed by atoms with Crippen LogP contribution in [0.2, 0.25) is 0 Å². The maximum Gasteiger partial charge on any atom is 0.227 e. The summed E-state index contributed by atoms with van der Waals surface area (Å²) >= 11 is 0. The molecule has 0 unspecified atom stereocenters. The van der Waals surface area contributed by atoms with Crippen molar-refractivity contribution >= 4 is 16.9 Å². The van der Waals surface area contributed by atoms with E-state index in [4.69, 9.17) is 0 Å². The highest BCUT2D eigenvalue weighted by Crippen LogP contribution is 2.20. The first-order chi connectivity index (χ1) is 11.2. The number of nitrogens with zero attached hydrogens (tertiary/aromatic N) is 2. The monoisotopic (exact) mass is 307 g/mol. The maximum absolute atomic E-state index is 12.5. The van der Waals surface area contributed by atoms with Crippen molar-refractivity contribution in [2.75, 3.05) is 0 Å². The Labute approximate surface area is 136 Å². The molecule has 0 spiro atoms. The maximum atomic E-state index is 12.5. The average molecular weight is 307 g/mol.